The molecule has 1 heterocycles. The normalized spacial score (nSPS) is 21.2. The quantitative estimate of drug-likeness (QED) is 0.537. The molecule has 106 valence electrons. The Hall–Kier alpha value is -0.213. The molecule has 0 spiro atoms. The number of carbonyl (C=O) groups is 1. The van der Waals surface area contributed by atoms with E-state index in [1.54, 1.807) is 0 Å². The second-order valence-corrected chi connectivity index (χ2v) is 5.47. The molecule has 0 aromatic heterocycles. The number of carbonyl (C=O) groups excluding carboxylic acids is 1. The maximum atomic E-state index is 11.5. The third kappa shape index (κ3) is 9.34. The van der Waals surface area contributed by atoms with Gasteiger partial charge in [0.2, 0.25) is 0 Å². The van der Waals surface area contributed by atoms with Crippen molar-refractivity contribution in [3.05, 3.63) is 6.92 Å². The van der Waals surface area contributed by atoms with E-state index >= 15 is 0 Å². The average molecular weight is 265 g/mol. The van der Waals surface area contributed by atoms with Crippen LogP contribution < -0.4 is 24.2 Å². The first-order valence-corrected chi connectivity index (χ1v) is 6.42. The molecule has 2 atom stereocenters. The largest absolute Gasteiger partial charge is 1.00 e. The second-order valence-electron chi connectivity index (χ2n) is 5.47. The van der Waals surface area contributed by atoms with Crippen LogP contribution in [0.25, 0.3) is 0 Å². The Bertz CT molecular complexity index is 262. The number of nitrogens with one attached hydrogen (secondary N) is 1. The Morgan fingerprint density at radius 2 is 2.16 bits per heavy atom. The Balaban J connectivity index is 0.00000324. The van der Waals surface area contributed by atoms with E-state index < -0.39 is 11.7 Å². The van der Waals surface area contributed by atoms with Crippen LogP contribution in [0.3, 0.4) is 0 Å². The van der Waals surface area contributed by atoms with Gasteiger partial charge in [-0.3, -0.25) is 0 Å². The van der Waals surface area contributed by atoms with Crippen molar-refractivity contribution in [2.24, 2.45) is 0 Å². The van der Waals surface area contributed by atoms with Gasteiger partial charge in [-0.05, 0) is 40.0 Å². The zero-order chi connectivity index (χ0) is 13.6. The zero-order valence-electron chi connectivity index (χ0n) is 12.5. The van der Waals surface area contributed by atoms with E-state index in [1.165, 1.54) is 0 Å². The van der Waals surface area contributed by atoms with Gasteiger partial charge in [0.05, 0.1) is 0 Å². The molecule has 1 amide bonds. The van der Waals surface area contributed by atoms with E-state index in [1.807, 2.05) is 20.8 Å². The Morgan fingerprint density at radius 3 is 2.68 bits per heavy atom. The minimum atomic E-state index is -0.503. The van der Waals surface area contributed by atoms with Crippen molar-refractivity contribution in [2.75, 3.05) is 13.2 Å². The molecule has 1 aliphatic rings. The summed E-state index contributed by atoms with van der Waals surface area (Å²) in [5.41, 5.74) is -0.503. The molecular weight excluding hydrogens is 241 g/mol. The molecule has 0 bridgehead atoms. The molecule has 1 unspecified atom stereocenters. The monoisotopic (exact) mass is 265 g/mol. The third-order valence-corrected chi connectivity index (χ3v) is 2.34. The molecule has 0 aromatic rings. The van der Waals surface area contributed by atoms with Crippen molar-refractivity contribution in [3.63, 3.8) is 0 Å². The molecule has 1 aliphatic heterocycles. The van der Waals surface area contributed by atoms with E-state index in [2.05, 4.69) is 12.2 Å². The molecule has 0 saturated carbocycles. The summed E-state index contributed by atoms with van der Waals surface area (Å²) in [5, 5.41) is 2.62. The molecule has 6 heteroatoms. The minimum Gasteiger partial charge on any atom is -0.444 e. The van der Waals surface area contributed by atoms with Gasteiger partial charge in [-0.25, -0.2) is 4.79 Å². The summed E-state index contributed by atoms with van der Waals surface area (Å²) >= 11 is 0. The van der Waals surface area contributed by atoms with Gasteiger partial charge in [-0.15, -0.1) is 0 Å². The molecule has 1 fully saturated rings. The molecule has 1 saturated heterocycles. The van der Waals surface area contributed by atoms with Crippen LogP contribution >= 0.6 is 0 Å². The standard InChI is InChI=1S/C13H24NO4.Li/c1-10(14-12(15)18-13(2,3)4)9-17-11-7-5-6-8-16-11;/h10-11H,1,5-9H2,2-4H3,(H,14,15);/q-1;+1/t10-,11?;/m0./s1. The topological polar surface area (TPSA) is 56.8 Å². The fourth-order valence-electron chi connectivity index (χ4n) is 1.58. The maximum absolute atomic E-state index is 11.5. The predicted octanol–water partition coefficient (Wildman–Crippen LogP) is -0.739. The first-order chi connectivity index (χ1) is 8.37. The van der Waals surface area contributed by atoms with Crippen LogP contribution in [-0.2, 0) is 14.2 Å². The molecule has 0 radical (unpaired) electrons. The van der Waals surface area contributed by atoms with Crippen LogP contribution in [-0.4, -0.2) is 37.2 Å². The van der Waals surface area contributed by atoms with E-state index in [0.717, 1.165) is 25.9 Å². The maximum Gasteiger partial charge on any atom is 1.00 e. The first kappa shape index (κ1) is 18.8. The molecule has 5 nitrogen and oxygen atoms in total. The molecule has 0 aromatic carbocycles. The van der Waals surface area contributed by atoms with Gasteiger partial charge in [0.1, 0.15) is 5.60 Å². The smallest absolute Gasteiger partial charge is 0.444 e. The first-order valence-electron chi connectivity index (χ1n) is 6.42. The molecule has 1 rings (SSSR count). The van der Waals surface area contributed by atoms with Crippen molar-refractivity contribution in [1.82, 2.24) is 5.32 Å². The number of amides is 1. The summed E-state index contributed by atoms with van der Waals surface area (Å²) in [6, 6.07) is -0.342. The van der Waals surface area contributed by atoms with Gasteiger partial charge in [0.25, 0.3) is 0 Å². The van der Waals surface area contributed by atoms with Crippen LogP contribution in [0.1, 0.15) is 40.0 Å². The van der Waals surface area contributed by atoms with Crippen LogP contribution in [0.15, 0.2) is 0 Å². The number of hydrogen-bond donors (Lipinski definition) is 1. The SMILES string of the molecule is [CH2-][C@@H](COC1CCCCO1)NC(=O)OC(C)(C)C.[Li+]. The summed E-state index contributed by atoms with van der Waals surface area (Å²) < 4.78 is 16.1. The van der Waals surface area contributed by atoms with Crippen LogP contribution in [0.5, 0.6) is 0 Å². The zero-order valence-corrected chi connectivity index (χ0v) is 12.5. The summed E-state index contributed by atoms with van der Waals surface area (Å²) in [4.78, 5) is 11.5. The fraction of sp³-hybridized carbons (Fsp3) is 0.846. The van der Waals surface area contributed by atoms with Crippen molar-refractivity contribution in [3.8, 4) is 0 Å². The van der Waals surface area contributed by atoms with Gasteiger partial charge < -0.3 is 26.5 Å². The number of ether oxygens (including phenoxy) is 3. The van der Waals surface area contributed by atoms with Crippen LogP contribution in [0.4, 0.5) is 4.79 Å². The number of hydrogen-bond acceptors (Lipinski definition) is 4. The van der Waals surface area contributed by atoms with Crippen LogP contribution in [0.2, 0.25) is 0 Å². The minimum absolute atomic E-state index is 0. The molecular formula is C13H24LiNO4. The Kier molecular flexibility index (Phi) is 8.76. The summed E-state index contributed by atoms with van der Waals surface area (Å²) in [7, 11) is 0. The van der Waals surface area contributed by atoms with Gasteiger partial charge >= 0.3 is 25.0 Å². The molecule has 0 aliphatic carbocycles. The third-order valence-electron chi connectivity index (χ3n) is 2.34. The van der Waals surface area contributed by atoms with Gasteiger partial charge in [0, 0.05) is 13.2 Å². The van der Waals surface area contributed by atoms with Gasteiger partial charge in [-0.1, -0.05) is 6.04 Å². The van der Waals surface area contributed by atoms with E-state index in [9.17, 15) is 4.79 Å². The summed E-state index contributed by atoms with van der Waals surface area (Å²) in [5.74, 6) is 0. The number of rotatable bonds is 4. The molecule has 19 heavy (non-hydrogen) atoms. The van der Waals surface area contributed by atoms with E-state index in [-0.39, 0.29) is 31.2 Å². The molecule has 1 N–H and O–H groups in total. The van der Waals surface area contributed by atoms with Crippen molar-refractivity contribution in [1.29, 1.82) is 0 Å². The van der Waals surface area contributed by atoms with Gasteiger partial charge in [-0.2, -0.15) is 0 Å². The second kappa shape index (κ2) is 8.86. The summed E-state index contributed by atoms with van der Waals surface area (Å²) in [6.45, 7) is 10.3. The van der Waals surface area contributed by atoms with Crippen molar-refractivity contribution >= 4 is 6.09 Å². The van der Waals surface area contributed by atoms with Crippen LogP contribution in [0, 0.1) is 6.92 Å². The van der Waals surface area contributed by atoms with E-state index in [4.69, 9.17) is 14.2 Å². The summed E-state index contributed by atoms with van der Waals surface area (Å²) in [6.07, 6.45) is 2.47. The number of alkyl carbamates (subject to hydrolysis) is 1. The van der Waals surface area contributed by atoms with Crippen molar-refractivity contribution < 1.29 is 37.9 Å². The van der Waals surface area contributed by atoms with Crippen molar-refractivity contribution in [2.45, 2.75) is 58.0 Å². The fourth-order valence-corrected chi connectivity index (χ4v) is 1.58. The predicted molar refractivity (Wildman–Crippen MR) is 68.1 cm³/mol. The Labute approximate surface area is 127 Å². The Morgan fingerprint density at radius 1 is 1.47 bits per heavy atom. The average Bonchev–Trinajstić information content (AvgIpc) is 2.25. The van der Waals surface area contributed by atoms with Gasteiger partial charge in [0.15, 0.2) is 6.29 Å². The van der Waals surface area contributed by atoms with E-state index in [0.29, 0.717) is 6.61 Å².